The molecule has 0 saturated heterocycles. The molecule has 0 aliphatic rings. The lowest BCUT2D eigenvalue weighted by atomic mass is 10.2. The molecular formula is C14H13N3O. The summed E-state index contributed by atoms with van der Waals surface area (Å²) in [6.07, 6.45) is 0.766. The highest BCUT2D eigenvalue weighted by Gasteiger charge is 2.10. The Bertz CT molecular complexity index is 737. The third kappa shape index (κ3) is 1.62. The van der Waals surface area contributed by atoms with Crippen LogP contribution in [0.3, 0.4) is 0 Å². The molecule has 90 valence electrons. The van der Waals surface area contributed by atoms with Crippen molar-refractivity contribution in [2.45, 2.75) is 13.8 Å². The number of aromatic nitrogens is 3. The van der Waals surface area contributed by atoms with E-state index in [2.05, 4.69) is 40.1 Å². The van der Waals surface area contributed by atoms with Crippen LogP contribution in [0.5, 0.6) is 0 Å². The molecule has 0 aliphatic heterocycles. The zero-order valence-corrected chi connectivity index (χ0v) is 10.2. The van der Waals surface area contributed by atoms with Crippen molar-refractivity contribution in [3.8, 4) is 11.5 Å². The van der Waals surface area contributed by atoms with Crippen LogP contribution in [0.1, 0.15) is 21.7 Å². The fourth-order valence-electron chi connectivity index (χ4n) is 2.08. The molecule has 3 aromatic rings. The number of aldehydes is 1. The summed E-state index contributed by atoms with van der Waals surface area (Å²) in [6.45, 7) is 3.90. The average molecular weight is 239 g/mol. The van der Waals surface area contributed by atoms with Gasteiger partial charge in [-0.1, -0.05) is 12.1 Å². The summed E-state index contributed by atoms with van der Waals surface area (Å²) in [5.74, 6) is 0.698. The highest BCUT2D eigenvalue weighted by molar-refractivity contribution is 5.85. The second-order valence-corrected chi connectivity index (χ2v) is 4.49. The molecule has 1 aromatic carbocycles. The lowest BCUT2D eigenvalue weighted by Gasteiger charge is -1.91. The number of fused-ring (bicyclic) bond motifs is 1. The Balaban J connectivity index is 2.15. The number of imidazole rings is 1. The monoisotopic (exact) mass is 239 g/mol. The molecule has 0 radical (unpaired) electrons. The summed E-state index contributed by atoms with van der Waals surface area (Å²) in [4.78, 5) is 21.5. The van der Waals surface area contributed by atoms with Crippen molar-refractivity contribution in [3.63, 3.8) is 0 Å². The van der Waals surface area contributed by atoms with E-state index in [1.54, 1.807) is 0 Å². The van der Waals surface area contributed by atoms with Crippen molar-refractivity contribution < 1.29 is 4.79 Å². The molecular weight excluding hydrogens is 226 g/mol. The zero-order valence-electron chi connectivity index (χ0n) is 10.2. The first-order valence-corrected chi connectivity index (χ1v) is 5.79. The molecule has 2 aromatic heterocycles. The fraction of sp³-hybridized carbons (Fsp3) is 0.143. The maximum Gasteiger partial charge on any atom is 0.170 e. The maximum absolute atomic E-state index is 10.8. The Kier molecular flexibility index (Phi) is 2.30. The second kappa shape index (κ2) is 3.84. The minimum atomic E-state index is 0.458. The number of carbonyl (C=O) groups excluding carboxylic acids is 1. The van der Waals surface area contributed by atoms with Crippen LogP contribution in [0.4, 0.5) is 0 Å². The largest absolute Gasteiger partial charge is 0.352 e. The van der Waals surface area contributed by atoms with Crippen LogP contribution in [0.25, 0.3) is 22.4 Å². The maximum atomic E-state index is 10.8. The minimum Gasteiger partial charge on any atom is -0.352 e. The highest BCUT2D eigenvalue weighted by Crippen LogP contribution is 2.23. The van der Waals surface area contributed by atoms with E-state index in [4.69, 9.17) is 0 Å². The molecule has 4 heteroatoms. The predicted octanol–water partition coefficient (Wildman–Crippen LogP) is 2.99. The van der Waals surface area contributed by atoms with Gasteiger partial charge in [0.1, 0.15) is 5.69 Å². The van der Waals surface area contributed by atoms with Crippen LogP contribution in [-0.4, -0.2) is 21.2 Å². The SMILES string of the molecule is Cc1ccc2cc(-c3nc(C=O)c(C)[nH]3)[nH]c2c1. The van der Waals surface area contributed by atoms with Gasteiger partial charge in [0.15, 0.2) is 12.1 Å². The molecule has 3 rings (SSSR count). The van der Waals surface area contributed by atoms with Crippen molar-refractivity contribution in [3.05, 3.63) is 41.2 Å². The standard InChI is InChI=1S/C14H13N3O/c1-8-3-4-10-6-12(16-11(10)5-8)14-15-9(2)13(7-18)17-14/h3-7,16H,1-2H3,(H,15,17). The van der Waals surface area contributed by atoms with Gasteiger partial charge in [-0.2, -0.15) is 0 Å². The molecule has 4 nitrogen and oxygen atoms in total. The topological polar surface area (TPSA) is 61.5 Å². The predicted molar refractivity (Wildman–Crippen MR) is 70.7 cm³/mol. The van der Waals surface area contributed by atoms with Gasteiger partial charge in [0.25, 0.3) is 0 Å². The van der Waals surface area contributed by atoms with E-state index in [0.717, 1.165) is 28.6 Å². The normalized spacial score (nSPS) is 11.0. The number of aromatic amines is 2. The number of nitrogens with one attached hydrogen (secondary N) is 2. The second-order valence-electron chi connectivity index (χ2n) is 4.49. The van der Waals surface area contributed by atoms with Gasteiger partial charge in [-0.15, -0.1) is 0 Å². The van der Waals surface area contributed by atoms with Crippen molar-refractivity contribution in [2.24, 2.45) is 0 Å². The van der Waals surface area contributed by atoms with E-state index in [9.17, 15) is 4.79 Å². The number of H-pyrrole nitrogens is 2. The number of aryl methyl sites for hydroxylation is 2. The van der Waals surface area contributed by atoms with Crippen molar-refractivity contribution in [1.29, 1.82) is 0 Å². The first-order valence-electron chi connectivity index (χ1n) is 5.79. The van der Waals surface area contributed by atoms with E-state index in [1.165, 1.54) is 5.56 Å². The van der Waals surface area contributed by atoms with Crippen molar-refractivity contribution in [1.82, 2.24) is 15.0 Å². The molecule has 2 heterocycles. The number of carbonyl (C=O) groups is 1. The van der Waals surface area contributed by atoms with E-state index >= 15 is 0 Å². The first-order chi connectivity index (χ1) is 8.67. The quantitative estimate of drug-likeness (QED) is 0.675. The van der Waals surface area contributed by atoms with Gasteiger partial charge in [0.2, 0.25) is 0 Å². The molecule has 0 aliphatic carbocycles. The van der Waals surface area contributed by atoms with Crippen LogP contribution in [0.2, 0.25) is 0 Å². The summed E-state index contributed by atoms with van der Waals surface area (Å²) < 4.78 is 0. The molecule has 0 saturated carbocycles. The first kappa shape index (κ1) is 10.8. The van der Waals surface area contributed by atoms with E-state index in [0.29, 0.717) is 11.5 Å². The Hall–Kier alpha value is -2.36. The number of rotatable bonds is 2. The highest BCUT2D eigenvalue weighted by atomic mass is 16.1. The molecule has 0 amide bonds. The van der Waals surface area contributed by atoms with Gasteiger partial charge < -0.3 is 9.97 Å². The van der Waals surface area contributed by atoms with Crippen LogP contribution < -0.4 is 0 Å². The van der Waals surface area contributed by atoms with Crippen LogP contribution in [0, 0.1) is 13.8 Å². The summed E-state index contributed by atoms with van der Waals surface area (Å²) in [7, 11) is 0. The molecule has 0 bridgehead atoms. The van der Waals surface area contributed by atoms with Crippen LogP contribution >= 0.6 is 0 Å². The molecule has 0 spiro atoms. The molecule has 0 atom stereocenters. The van der Waals surface area contributed by atoms with Gasteiger partial charge in [-0.25, -0.2) is 4.98 Å². The Labute approximate surface area is 104 Å². The molecule has 18 heavy (non-hydrogen) atoms. The van der Waals surface area contributed by atoms with Crippen molar-refractivity contribution in [2.75, 3.05) is 0 Å². The van der Waals surface area contributed by atoms with E-state index in [-0.39, 0.29) is 0 Å². The van der Waals surface area contributed by atoms with Crippen LogP contribution in [0.15, 0.2) is 24.3 Å². The third-order valence-corrected chi connectivity index (χ3v) is 3.07. The lowest BCUT2D eigenvalue weighted by molar-refractivity contribution is 0.111. The summed E-state index contributed by atoms with van der Waals surface area (Å²) in [5, 5.41) is 1.14. The fourth-order valence-corrected chi connectivity index (χ4v) is 2.08. The Morgan fingerprint density at radius 3 is 2.72 bits per heavy atom. The summed E-state index contributed by atoms with van der Waals surface area (Å²) in [6, 6.07) is 8.27. The zero-order chi connectivity index (χ0) is 12.7. The molecule has 0 unspecified atom stereocenters. The van der Waals surface area contributed by atoms with Crippen LogP contribution in [-0.2, 0) is 0 Å². The summed E-state index contributed by atoms with van der Waals surface area (Å²) in [5.41, 5.74) is 4.42. The van der Waals surface area contributed by atoms with Gasteiger partial charge in [0.05, 0.1) is 5.69 Å². The van der Waals surface area contributed by atoms with Crippen molar-refractivity contribution >= 4 is 17.2 Å². The minimum absolute atomic E-state index is 0.458. The third-order valence-electron chi connectivity index (χ3n) is 3.07. The van der Waals surface area contributed by atoms with E-state index < -0.39 is 0 Å². The van der Waals surface area contributed by atoms with Gasteiger partial charge in [0, 0.05) is 16.6 Å². The lowest BCUT2D eigenvalue weighted by Crippen LogP contribution is -1.82. The smallest absolute Gasteiger partial charge is 0.170 e. The van der Waals surface area contributed by atoms with Gasteiger partial charge >= 0.3 is 0 Å². The van der Waals surface area contributed by atoms with Gasteiger partial charge in [-0.3, -0.25) is 4.79 Å². The summed E-state index contributed by atoms with van der Waals surface area (Å²) >= 11 is 0. The van der Waals surface area contributed by atoms with Gasteiger partial charge in [-0.05, 0) is 31.5 Å². The molecule has 0 fully saturated rings. The number of nitrogens with zero attached hydrogens (tertiary/aromatic N) is 1. The van der Waals surface area contributed by atoms with E-state index in [1.807, 2.05) is 13.0 Å². The number of hydrogen-bond donors (Lipinski definition) is 2. The number of benzene rings is 1. The average Bonchev–Trinajstić information content (AvgIpc) is 2.91. The molecule has 2 N–H and O–H groups in total. The Morgan fingerprint density at radius 2 is 2.00 bits per heavy atom. The number of hydrogen-bond acceptors (Lipinski definition) is 2. The Morgan fingerprint density at radius 1 is 1.17 bits per heavy atom.